The molecule has 0 spiro atoms. The molecule has 0 amide bonds. The Kier molecular flexibility index (Phi) is 3.99. The molecule has 2 aromatic rings. The maximum absolute atomic E-state index is 12.2. The summed E-state index contributed by atoms with van der Waals surface area (Å²) in [5, 5.41) is 4.03. The molecule has 0 fully saturated rings. The van der Waals surface area contributed by atoms with Crippen molar-refractivity contribution >= 4 is 15.7 Å². The molecule has 6 nitrogen and oxygen atoms in total. The molecule has 1 aromatic carbocycles. The fraction of sp³-hybridized carbons (Fsp3) is 0.308. The Labute approximate surface area is 118 Å². The second kappa shape index (κ2) is 5.54. The highest BCUT2D eigenvalue weighted by Crippen LogP contribution is 2.19. The summed E-state index contributed by atoms with van der Waals surface area (Å²) < 4.78 is 33.5. The van der Waals surface area contributed by atoms with Gasteiger partial charge in [-0.2, -0.15) is 5.10 Å². The average Bonchev–Trinajstić information content (AvgIpc) is 2.90. The highest BCUT2D eigenvalue weighted by Gasteiger charge is 2.17. The van der Waals surface area contributed by atoms with Crippen molar-refractivity contribution in [2.24, 2.45) is 0 Å². The van der Waals surface area contributed by atoms with Gasteiger partial charge in [-0.3, -0.25) is 9.40 Å². The maximum Gasteiger partial charge on any atom is 0.265 e. The van der Waals surface area contributed by atoms with Crippen molar-refractivity contribution in [3.8, 4) is 5.75 Å². The first-order valence-corrected chi connectivity index (χ1v) is 7.62. The Morgan fingerprint density at radius 2 is 1.90 bits per heavy atom. The number of rotatable bonds is 5. The van der Waals surface area contributed by atoms with Crippen LogP contribution in [0.4, 0.5) is 5.69 Å². The predicted octanol–water partition coefficient (Wildman–Crippen LogP) is 2.27. The van der Waals surface area contributed by atoms with Crippen molar-refractivity contribution in [2.75, 3.05) is 11.8 Å². The van der Waals surface area contributed by atoms with Crippen LogP contribution in [0.5, 0.6) is 5.75 Å². The van der Waals surface area contributed by atoms with Gasteiger partial charge in [0.1, 0.15) is 10.6 Å². The van der Waals surface area contributed by atoms with E-state index in [1.807, 2.05) is 13.8 Å². The fourth-order valence-corrected chi connectivity index (χ4v) is 2.61. The smallest absolute Gasteiger partial charge is 0.265 e. The first-order chi connectivity index (χ1) is 9.42. The van der Waals surface area contributed by atoms with Crippen LogP contribution in [0.3, 0.4) is 0 Å². The number of methoxy groups -OCH3 is 1. The van der Waals surface area contributed by atoms with Crippen LogP contribution in [0.15, 0.2) is 41.6 Å². The monoisotopic (exact) mass is 295 g/mol. The third-order valence-electron chi connectivity index (χ3n) is 2.76. The van der Waals surface area contributed by atoms with E-state index in [0.717, 1.165) is 0 Å². The summed E-state index contributed by atoms with van der Waals surface area (Å²) in [6.07, 6.45) is 2.85. The number of ether oxygens (including phenoxy) is 1. The van der Waals surface area contributed by atoms with Crippen molar-refractivity contribution in [1.29, 1.82) is 0 Å². The number of nitrogens with zero attached hydrogens (tertiary/aromatic N) is 2. The zero-order chi connectivity index (χ0) is 14.8. The molecule has 0 unspecified atom stereocenters. The van der Waals surface area contributed by atoms with E-state index < -0.39 is 10.0 Å². The molecule has 1 N–H and O–H groups in total. The van der Waals surface area contributed by atoms with E-state index in [2.05, 4.69) is 9.82 Å². The van der Waals surface area contributed by atoms with Gasteiger partial charge in [-0.25, -0.2) is 8.42 Å². The minimum Gasteiger partial charge on any atom is -0.497 e. The van der Waals surface area contributed by atoms with Crippen LogP contribution in [-0.4, -0.2) is 25.3 Å². The Bertz CT molecular complexity index is 675. The minimum atomic E-state index is -3.62. The lowest BCUT2D eigenvalue weighted by atomic mass is 10.3. The third kappa shape index (κ3) is 3.11. The number of hydrogen-bond acceptors (Lipinski definition) is 4. The number of hydrogen-bond donors (Lipinski definition) is 1. The van der Waals surface area contributed by atoms with Crippen molar-refractivity contribution in [3.63, 3.8) is 0 Å². The van der Waals surface area contributed by atoms with Crippen molar-refractivity contribution in [1.82, 2.24) is 9.78 Å². The molecular weight excluding hydrogens is 278 g/mol. The summed E-state index contributed by atoms with van der Waals surface area (Å²) in [7, 11) is -2.06. The van der Waals surface area contributed by atoms with E-state index in [-0.39, 0.29) is 10.9 Å². The topological polar surface area (TPSA) is 73.2 Å². The molecule has 1 heterocycles. The number of sulfonamides is 1. The molecule has 0 aliphatic carbocycles. The van der Waals surface area contributed by atoms with E-state index in [4.69, 9.17) is 4.74 Å². The number of anilines is 1. The largest absolute Gasteiger partial charge is 0.497 e. The Hall–Kier alpha value is -2.02. The summed E-state index contributed by atoms with van der Waals surface area (Å²) in [5.74, 6) is 0.667. The zero-order valence-corrected chi connectivity index (χ0v) is 12.4. The zero-order valence-electron chi connectivity index (χ0n) is 11.6. The van der Waals surface area contributed by atoms with Crippen LogP contribution in [-0.2, 0) is 10.0 Å². The van der Waals surface area contributed by atoms with Crippen molar-refractivity contribution in [3.05, 3.63) is 36.7 Å². The van der Waals surface area contributed by atoms with Crippen LogP contribution in [0.25, 0.3) is 0 Å². The molecule has 0 aliphatic rings. The first-order valence-electron chi connectivity index (χ1n) is 6.13. The van der Waals surface area contributed by atoms with Gasteiger partial charge < -0.3 is 4.74 Å². The molecule has 0 saturated heterocycles. The van der Waals surface area contributed by atoms with Crippen molar-refractivity contribution < 1.29 is 13.2 Å². The molecular formula is C13H17N3O3S. The second-order valence-corrected chi connectivity index (χ2v) is 6.27. The van der Waals surface area contributed by atoms with Gasteiger partial charge in [-0.15, -0.1) is 0 Å². The van der Waals surface area contributed by atoms with E-state index >= 15 is 0 Å². The van der Waals surface area contributed by atoms with Gasteiger partial charge in [0.2, 0.25) is 0 Å². The lowest BCUT2D eigenvalue weighted by molar-refractivity contribution is 0.415. The van der Waals surface area contributed by atoms with Gasteiger partial charge in [-0.05, 0) is 38.1 Å². The van der Waals surface area contributed by atoms with Gasteiger partial charge in [-0.1, -0.05) is 0 Å². The third-order valence-corrected chi connectivity index (χ3v) is 4.10. The van der Waals surface area contributed by atoms with Gasteiger partial charge >= 0.3 is 0 Å². The number of aromatic nitrogens is 2. The molecule has 7 heteroatoms. The quantitative estimate of drug-likeness (QED) is 0.918. The molecule has 0 bridgehead atoms. The molecule has 0 aliphatic heterocycles. The van der Waals surface area contributed by atoms with Crippen LogP contribution in [0.1, 0.15) is 19.9 Å². The number of benzene rings is 1. The highest BCUT2D eigenvalue weighted by molar-refractivity contribution is 7.92. The summed E-state index contributed by atoms with van der Waals surface area (Å²) in [6, 6.07) is 6.78. The Morgan fingerprint density at radius 1 is 1.25 bits per heavy atom. The van der Waals surface area contributed by atoms with Crippen LogP contribution < -0.4 is 9.46 Å². The lowest BCUT2D eigenvalue weighted by Crippen LogP contribution is -2.12. The van der Waals surface area contributed by atoms with E-state index in [1.54, 1.807) is 36.1 Å². The Morgan fingerprint density at radius 3 is 2.40 bits per heavy atom. The van der Waals surface area contributed by atoms with Gasteiger partial charge in [0, 0.05) is 17.9 Å². The summed E-state index contributed by atoms with van der Waals surface area (Å²) in [4.78, 5) is 0.141. The van der Waals surface area contributed by atoms with Gasteiger partial charge in [0.05, 0.1) is 13.3 Å². The molecule has 20 heavy (non-hydrogen) atoms. The normalized spacial score (nSPS) is 11.6. The average molecular weight is 295 g/mol. The summed E-state index contributed by atoms with van der Waals surface area (Å²) in [5.41, 5.74) is 0.475. The van der Waals surface area contributed by atoms with Gasteiger partial charge in [0.15, 0.2) is 0 Å². The SMILES string of the molecule is COc1ccc(NS(=O)(=O)c2cnn(C(C)C)c2)cc1. The molecule has 0 atom stereocenters. The van der Waals surface area contributed by atoms with Crippen LogP contribution in [0, 0.1) is 0 Å². The lowest BCUT2D eigenvalue weighted by Gasteiger charge is -2.07. The van der Waals surface area contributed by atoms with E-state index in [1.165, 1.54) is 12.4 Å². The summed E-state index contributed by atoms with van der Waals surface area (Å²) >= 11 is 0. The molecule has 2 rings (SSSR count). The molecule has 0 radical (unpaired) electrons. The second-order valence-electron chi connectivity index (χ2n) is 4.58. The molecule has 0 saturated carbocycles. The maximum atomic E-state index is 12.2. The van der Waals surface area contributed by atoms with Crippen LogP contribution >= 0.6 is 0 Å². The number of nitrogens with one attached hydrogen (secondary N) is 1. The molecule has 1 aromatic heterocycles. The minimum absolute atomic E-state index is 0.111. The standard InChI is InChI=1S/C13H17N3O3S/c1-10(2)16-9-13(8-14-16)20(17,18)15-11-4-6-12(19-3)7-5-11/h4-10,15H,1-3H3. The van der Waals surface area contributed by atoms with Crippen LogP contribution in [0.2, 0.25) is 0 Å². The van der Waals surface area contributed by atoms with Gasteiger partial charge in [0.25, 0.3) is 10.0 Å². The summed E-state index contributed by atoms with van der Waals surface area (Å²) in [6.45, 7) is 3.86. The molecule has 108 valence electrons. The Balaban J connectivity index is 2.21. The fourth-order valence-electron chi connectivity index (χ4n) is 1.61. The first kappa shape index (κ1) is 14.4. The highest BCUT2D eigenvalue weighted by atomic mass is 32.2. The van der Waals surface area contributed by atoms with E-state index in [9.17, 15) is 8.42 Å². The predicted molar refractivity (Wildman–Crippen MR) is 76.4 cm³/mol. The van der Waals surface area contributed by atoms with Crippen molar-refractivity contribution in [2.45, 2.75) is 24.8 Å². The van der Waals surface area contributed by atoms with E-state index in [0.29, 0.717) is 11.4 Å².